The fourth-order valence-corrected chi connectivity index (χ4v) is 1.52. The summed E-state index contributed by atoms with van der Waals surface area (Å²) >= 11 is 0. The predicted octanol–water partition coefficient (Wildman–Crippen LogP) is -1.22. The van der Waals surface area contributed by atoms with Crippen LogP contribution >= 0.6 is 0 Å². The van der Waals surface area contributed by atoms with Crippen LogP contribution in [0.15, 0.2) is 6.33 Å². The highest BCUT2D eigenvalue weighted by molar-refractivity contribution is 5.82. The second kappa shape index (κ2) is 5.78. The maximum absolute atomic E-state index is 8.93. The van der Waals surface area contributed by atoms with E-state index in [-0.39, 0.29) is 25.8 Å². The van der Waals surface area contributed by atoms with E-state index in [1.165, 1.54) is 6.33 Å². The lowest BCUT2D eigenvalue weighted by molar-refractivity contribution is -0.0488. The average Bonchev–Trinajstić information content (AvgIpc) is 2.83. The Bertz CT molecular complexity index is 553. The number of nitrogens with two attached hydrogens (primary N) is 1. The summed E-state index contributed by atoms with van der Waals surface area (Å²) in [6.45, 7) is -0.425. The molecule has 0 aliphatic carbocycles. The van der Waals surface area contributed by atoms with Crippen molar-refractivity contribution < 1.29 is 14.9 Å². The van der Waals surface area contributed by atoms with Crippen molar-refractivity contribution in [3.8, 4) is 0 Å². The highest BCUT2D eigenvalue weighted by Gasteiger charge is 2.12. The molecule has 0 atom stereocenters. The summed E-state index contributed by atoms with van der Waals surface area (Å²) in [7, 11) is 1.69. The van der Waals surface area contributed by atoms with E-state index in [1.54, 1.807) is 11.6 Å². The lowest BCUT2D eigenvalue weighted by atomic mass is 10.4. The Kier molecular flexibility index (Phi) is 4.10. The van der Waals surface area contributed by atoms with Gasteiger partial charge in [-0.3, -0.25) is 4.57 Å². The van der Waals surface area contributed by atoms with E-state index in [9.17, 15) is 0 Å². The minimum Gasteiger partial charge on any atom is -0.394 e. The van der Waals surface area contributed by atoms with Crippen LogP contribution < -0.4 is 11.1 Å². The number of aliphatic hydroxyl groups excluding tert-OH is 2. The van der Waals surface area contributed by atoms with Crippen LogP contribution in [-0.4, -0.2) is 56.1 Å². The van der Waals surface area contributed by atoms with Gasteiger partial charge in [0.05, 0.1) is 19.5 Å². The van der Waals surface area contributed by atoms with Crippen LogP contribution in [0.25, 0.3) is 11.2 Å². The Morgan fingerprint density at radius 2 is 2.16 bits per heavy atom. The van der Waals surface area contributed by atoms with Crippen LogP contribution in [0.1, 0.15) is 0 Å². The summed E-state index contributed by atoms with van der Waals surface area (Å²) in [6.07, 6.45) is 0.876. The van der Waals surface area contributed by atoms with Gasteiger partial charge in [-0.05, 0) is 0 Å². The summed E-state index contributed by atoms with van der Waals surface area (Å²) < 4.78 is 6.93. The lowest BCUT2D eigenvalue weighted by Crippen LogP contribution is -2.23. The Balaban J connectivity index is 2.26. The van der Waals surface area contributed by atoms with Gasteiger partial charge in [-0.2, -0.15) is 9.97 Å². The smallest absolute Gasteiger partial charge is 0.226 e. The van der Waals surface area contributed by atoms with Gasteiger partial charge in [0.2, 0.25) is 5.95 Å². The van der Waals surface area contributed by atoms with Gasteiger partial charge in [0.1, 0.15) is 18.4 Å². The van der Waals surface area contributed by atoms with Crippen molar-refractivity contribution in [3.05, 3.63) is 6.33 Å². The second-order valence-corrected chi connectivity index (χ2v) is 3.85. The Morgan fingerprint density at radius 1 is 1.42 bits per heavy atom. The van der Waals surface area contributed by atoms with Gasteiger partial charge in [0, 0.05) is 7.05 Å². The molecule has 0 saturated heterocycles. The zero-order valence-corrected chi connectivity index (χ0v) is 10.4. The monoisotopic (exact) mass is 268 g/mol. The Morgan fingerprint density at radius 3 is 2.79 bits per heavy atom. The predicted molar refractivity (Wildman–Crippen MR) is 68.3 cm³/mol. The van der Waals surface area contributed by atoms with Crippen molar-refractivity contribution >= 4 is 22.9 Å². The largest absolute Gasteiger partial charge is 0.394 e. The molecule has 0 aliphatic heterocycles. The third kappa shape index (κ3) is 2.72. The van der Waals surface area contributed by atoms with E-state index < -0.39 is 6.10 Å². The number of fused-ring (bicyclic) bond motifs is 1. The molecular weight excluding hydrogens is 252 g/mol. The first-order valence-electron chi connectivity index (χ1n) is 5.69. The Hall–Kier alpha value is -1.97. The van der Waals surface area contributed by atoms with Gasteiger partial charge in [-0.15, -0.1) is 0 Å². The summed E-state index contributed by atoms with van der Waals surface area (Å²) in [6, 6.07) is 0. The number of imidazole rings is 1. The lowest BCUT2D eigenvalue weighted by Gasteiger charge is -2.13. The molecule has 19 heavy (non-hydrogen) atoms. The minimum atomic E-state index is -0.639. The summed E-state index contributed by atoms with van der Waals surface area (Å²) in [5.41, 5.74) is 6.77. The molecule has 2 aromatic heterocycles. The van der Waals surface area contributed by atoms with Gasteiger partial charge in [0.25, 0.3) is 0 Å². The molecule has 0 aliphatic rings. The van der Waals surface area contributed by atoms with Crippen LogP contribution in [0.2, 0.25) is 0 Å². The number of aliphatic hydroxyl groups is 2. The third-order valence-corrected chi connectivity index (χ3v) is 2.57. The number of anilines is 2. The van der Waals surface area contributed by atoms with Gasteiger partial charge in [0.15, 0.2) is 11.5 Å². The molecule has 5 N–H and O–H groups in total. The van der Waals surface area contributed by atoms with E-state index in [1.807, 2.05) is 0 Å². The minimum absolute atomic E-state index is 0.0991. The van der Waals surface area contributed by atoms with Crippen molar-refractivity contribution in [2.24, 2.45) is 0 Å². The summed E-state index contributed by atoms with van der Waals surface area (Å²) in [4.78, 5) is 12.4. The van der Waals surface area contributed by atoms with Crippen LogP contribution in [0, 0.1) is 0 Å². The molecular formula is C10H16N6O3. The van der Waals surface area contributed by atoms with E-state index in [0.717, 1.165) is 0 Å². The van der Waals surface area contributed by atoms with Crippen LogP contribution in [0.4, 0.5) is 11.8 Å². The molecule has 0 bridgehead atoms. The molecule has 0 spiro atoms. The van der Waals surface area contributed by atoms with Crippen molar-refractivity contribution in [1.29, 1.82) is 0 Å². The number of ether oxygens (including phenoxy) is 1. The molecule has 0 radical (unpaired) electrons. The van der Waals surface area contributed by atoms with E-state index in [0.29, 0.717) is 17.1 Å². The molecule has 0 unspecified atom stereocenters. The highest BCUT2D eigenvalue weighted by atomic mass is 16.5. The van der Waals surface area contributed by atoms with Gasteiger partial charge >= 0.3 is 0 Å². The van der Waals surface area contributed by atoms with Crippen LogP contribution in [0.3, 0.4) is 0 Å². The molecule has 9 heteroatoms. The number of nitrogens with one attached hydrogen (secondary N) is 1. The SMILES string of the molecule is CNc1nc(N)c2ncn(COC(CO)CO)c2n1. The zero-order valence-electron chi connectivity index (χ0n) is 10.4. The molecule has 9 nitrogen and oxygen atoms in total. The first kappa shape index (κ1) is 13.5. The number of aromatic nitrogens is 4. The number of hydrogen-bond donors (Lipinski definition) is 4. The van der Waals surface area contributed by atoms with Crippen molar-refractivity contribution in [3.63, 3.8) is 0 Å². The molecule has 2 rings (SSSR count). The molecule has 0 fully saturated rings. The van der Waals surface area contributed by atoms with Crippen LogP contribution in [-0.2, 0) is 11.5 Å². The fraction of sp³-hybridized carbons (Fsp3) is 0.500. The maximum Gasteiger partial charge on any atom is 0.226 e. The van der Waals surface area contributed by atoms with Crippen molar-refractivity contribution in [2.45, 2.75) is 12.8 Å². The summed E-state index contributed by atoms with van der Waals surface area (Å²) in [5.74, 6) is 0.654. The normalized spacial score (nSPS) is 11.4. The first-order chi connectivity index (χ1) is 9.19. The number of nitrogens with zero attached hydrogens (tertiary/aromatic N) is 4. The van der Waals surface area contributed by atoms with E-state index >= 15 is 0 Å². The number of nitrogen functional groups attached to an aromatic ring is 1. The number of rotatable bonds is 6. The van der Waals surface area contributed by atoms with E-state index in [2.05, 4.69) is 20.3 Å². The van der Waals surface area contributed by atoms with Crippen molar-refractivity contribution in [2.75, 3.05) is 31.3 Å². The number of hydrogen-bond acceptors (Lipinski definition) is 8. The van der Waals surface area contributed by atoms with Crippen molar-refractivity contribution in [1.82, 2.24) is 19.5 Å². The standard InChI is InChI=1S/C10H16N6O3/c1-12-10-14-8(11)7-9(15-10)16(4-13-7)5-19-6(2-17)3-18/h4,6,17-18H,2-3,5H2,1H3,(H3,11,12,14,15). The molecule has 0 amide bonds. The molecule has 2 aromatic rings. The van der Waals surface area contributed by atoms with Gasteiger partial charge in [-0.1, -0.05) is 0 Å². The average molecular weight is 268 g/mol. The maximum atomic E-state index is 8.93. The first-order valence-corrected chi connectivity index (χ1v) is 5.69. The summed E-state index contributed by atoms with van der Waals surface area (Å²) in [5, 5.41) is 20.7. The van der Waals surface area contributed by atoms with Crippen LogP contribution in [0.5, 0.6) is 0 Å². The second-order valence-electron chi connectivity index (χ2n) is 3.85. The fourth-order valence-electron chi connectivity index (χ4n) is 1.52. The molecule has 2 heterocycles. The third-order valence-electron chi connectivity index (χ3n) is 2.57. The molecule has 104 valence electrons. The topological polar surface area (TPSA) is 131 Å². The van der Waals surface area contributed by atoms with Gasteiger partial charge < -0.3 is 26.0 Å². The molecule has 0 saturated carbocycles. The Labute approximate surface area is 109 Å². The zero-order chi connectivity index (χ0) is 13.8. The van der Waals surface area contributed by atoms with Gasteiger partial charge in [-0.25, -0.2) is 4.98 Å². The van der Waals surface area contributed by atoms with E-state index in [4.69, 9.17) is 20.7 Å². The quantitative estimate of drug-likeness (QED) is 0.512. The molecule has 0 aromatic carbocycles. The highest BCUT2D eigenvalue weighted by Crippen LogP contribution is 2.17.